The van der Waals surface area contributed by atoms with Gasteiger partial charge in [-0.25, -0.2) is 0 Å². The molecule has 1 aromatic carbocycles. The van der Waals surface area contributed by atoms with Gasteiger partial charge in [0, 0.05) is 23.1 Å². The van der Waals surface area contributed by atoms with Gasteiger partial charge in [-0.15, -0.1) is 0 Å². The maximum Gasteiger partial charge on any atom is 0.0515 e. The van der Waals surface area contributed by atoms with E-state index in [4.69, 9.17) is 0 Å². The van der Waals surface area contributed by atoms with Crippen LogP contribution in [0.5, 0.6) is 0 Å². The average molecular weight is 325 g/mol. The van der Waals surface area contributed by atoms with Crippen molar-refractivity contribution in [2.75, 3.05) is 18.0 Å². The Morgan fingerprint density at radius 1 is 1.37 bits per heavy atom. The van der Waals surface area contributed by atoms with Gasteiger partial charge < -0.3 is 10.2 Å². The fourth-order valence-corrected chi connectivity index (χ4v) is 3.57. The van der Waals surface area contributed by atoms with Crippen LogP contribution in [0.15, 0.2) is 22.7 Å². The van der Waals surface area contributed by atoms with Gasteiger partial charge in [-0.1, -0.05) is 19.9 Å². The summed E-state index contributed by atoms with van der Waals surface area (Å²) >= 11 is 3.70. The van der Waals surface area contributed by atoms with Crippen molar-refractivity contribution in [3.63, 3.8) is 0 Å². The van der Waals surface area contributed by atoms with Crippen molar-refractivity contribution in [2.24, 2.45) is 5.92 Å². The number of benzene rings is 1. The van der Waals surface area contributed by atoms with E-state index < -0.39 is 0 Å². The number of rotatable bonds is 3. The lowest BCUT2D eigenvalue weighted by atomic mass is 9.86. The highest BCUT2D eigenvalue weighted by Crippen LogP contribution is 2.34. The van der Waals surface area contributed by atoms with Gasteiger partial charge >= 0.3 is 0 Å². The highest BCUT2D eigenvalue weighted by molar-refractivity contribution is 9.10. The van der Waals surface area contributed by atoms with Crippen LogP contribution in [0.2, 0.25) is 0 Å². The molecule has 1 aliphatic rings. The second-order valence-corrected chi connectivity index (χ2v) is 6.56. The molecular formula is C16H25BrN2. The molecule has 1 N–H and O–H groups in total. The van der Waals surface area contributed by atoms with Crippen molar-refractivity contribution in [1.29, 1.82) is 0 Å². The van der Waals surface area contributed by atoms with E-state index in [0.717, 1.165) is 13.1 Å². The van der Waals surface area contributed by atoms with Crippen LogP contribution in [0.1, 0.15) is 32.8 Å². The maximum absolute atomic E-state index is 3.70. The molecule has 0 aromatic heterocycles. The third-order valence-electron chi connectivity index (χ3n) is 4.45. The number of piperidine rings is 1. The fraction of sp³-hybridized carbons (Fsp3) is 0.625. The molecule has 3 unspecified atom stereocenters. The molecule has 1 fully saturated rings. The predicted octanol–water partition coefficient (Wildman–Crippen LogP) is 3.97. The number of hydrogen-bond donors (Lipinski definition) is 1. The molecule has 0 bridgehead atoms. The first kappa shape index (κ1) is 14.9. The minimum Gasteiger partial charge on any atom is -0.368 e. The van der Waals surface area contributed by atoms with E-state index in [9.17, 15) is 0 Å². The van der Waals surface area contributed by atoms with Gasteiger partial charge in [0.05, 0.1) is 5.69 Å². The summed E-state index contributed by atoms with van der Waals surface area (Å²) in [4.78, 5) is 2.55. The summed E-state index contributed by atoms with van der Waals surface area (Å²) in [5.74, 6) is 0.668. The minimum atomic E-state index is 0.566. The lowest BCUT2D eigenvalue weighted by Crippen LogP contribution is -2.53. The van der Waals surface area contributed by atoms with E-state index >= 15 is 0 Å². The number of hydrogen-bond acceptors (Lipinski definition) is 2. The quantitative estimate of drug-likeness (QED) is 0.905. The summed E-state index contributed by atoms with van der Waals surface area (Å²) in [5, 5.41) is 3.62. The highest BCUT2D eigenvalue weighted by atomic mass is 79.9. The number of nitrogens with zero attached hydrogens (tertiary/aromatic N) is 1. The van der Waals surface area contributed by atoms with Crippen LogP contribution in [0.25, 0.3) is 0 Å². The zero-order valence-electron chi connectivity index (χ0n) is 12.4. The molecule has 0 aliphatic carbocycles. The topological polar surface area (TPSA) is 15.3 Å². The molecule has 1 aliphatic heterocycles. The van der Waals surface area contributed by atoms with Crippen molar-refractivity contribution in [3.05, 3.63) is 28.2 Å². The van der Waals surface area contributed by atoms with Gasteiger partial charge in [-0.3, -0.25) is 0 Å². The summed E-state index contributed by atoms with van der Waals surface area (Å²) in [5.41, 5.74) is 2.67. The van der Waals surface area contributed by atoms with E-state index in [-0.39, 0.29) is 0 Å². The molecule has 3 heteroatoms. The van der Waals surface area contributed by atoms with E-state index in [0.29, 0.717) is 18.0 Å². The molecule has 3 atom stereocenters. The number of nitrogens with one attached hydrogen (secondary N) is 1. The van der Waals surface area contributed by atoms with Crippen LogP contribution in [-0.4, -0.2) is 25.2 Å². The monoisotopic (exact) mass is 324 g/mol. The van der Waals surface area contributed by atoms with Crippen LogP contribution in [0, 0.1) is 12.8 Å². The summed E-state index contributed by atoms with van der Waals surface area (Å²) in [6.07, 6.45) is 1.22. The van der Waals surface area contributed by atoms with Gasteiger partial charge in [0.15, 0.2) is 0 Å². The smallest absolute Gasteiger partial charge is 0.0515 e. The Morgan fingerprint density at radius 3 is 2.79 bits per heavy atom. The molecule has 1 aromatic rings. The fourth-order valence-electron chi connectivity index (χ4n) is 3.10. The standard InChI is InChI=1S/C16H25BrN2/c1-5-18-15-8-9-19(13(4)12(15)3)16-10-11(2)6-7-14(16)17/h6-7,10,12-13,15,18H,5,8-9H2,1-4H3. The third-order valence-corrected chi connectivity index (χ3v) is 5.12. The van der Waals surface area contributed by atoms with Crippen molar-refractivity contribution < 1.29 is 0 Å². The van der Waals surface area contributed by atoms with Crippen LogP contribution < -0.4 is 10.2 Å². The lowest BCUT2D eigenvalue weighted by Gasteiger charge is -2.44. The van der Waals surface area contributed by atoms with Crippen LogP contribution in [-0.2, 0) is 0 Å². The summed E-state index contributed by atoms with van der Waals surface area (Å²) in [7, 11) is 0. The normalized spacial score (nSPS) is 27.6. The Bertz CT molecular complexity index is 433. The van der Waals surface area contributed by atoms with Crippen LogP contribution in [0.4, 0.5) is 5.69 Å². The van der Waals surface area contributed by atoms with Gasteiger partial charge in [0.25, 0.3) is 0 Å². The Hall–Kier alpha value is -0.540. The summed E-state index contributed by atoms with van der Waals surface area (Å²) in [6, 6.07) is 7.84. The first-order chi connectivity index (χ1) is 9.04. The molecule has 0 saturated carbocycles. The SMILES string of the molecule is CCNC1CCN(c2cc(C)ccc2Br)C(C)C1C. The maximum atomic E-state index is 3.70. The van der Waals surface area contributed by atoms with Crippen molar-refractivity contribution in [1.82, 2.24) is 5.32 Å². The van der Waals surface area contributed by atoms with Gasteiger partial charge in [0.1, 0.15) is 0 Å². The van der Waals surface area contributed by atoms with E-state index in [2.05, 4.69) is 72.0 Å². The second kappa shape index (κ2) is 6.27. The number of halogens is 1. The molecule has 1 saturated heterocycles. The Labute approximate surface area is 125 Å². The molecule has 19 heavy (non-hydrogen) atoms. The lowest BCUT2D eigenvalue weighted by molar-refractivity contribution is 0.274. The third kappa shape index (κ3) is 3.14. The molecule has 2 rings (SSSR count). The Morgan fingerprint density at radius 2 is 2.11 bits per heavy atom. The molecule has 1 heterocycles. The molecule has 106 valence electrons. The largest absolute Gasteiger partial charge is 0.368 e. The molecule has 2 nitrogen and oxygen atoms in total. The number of anilines is 1. The highest BCUT2D eigenvalue weighted by Gasteiger charge is 2.32. The number of aryl methyl sites for hydroxylation is 1. The van der Waals surface area contributed by atoms with Gasteiger partial charge in [0.2, 0.25) is 0 Å². The van der Waals surface area contributed by atoms with Gasteiger partial charge in [-0.05, 0) is 66.4 Å². The Kier molecular flexibility index (Phi) is 4.91. The zero-order valence-corrected chi connectivity index (χ0v) is 14.0. The van der Waals surface area contributed by atoms with Crippen LogP contribution in [0.3, 0.4) is 0 Å². The van der Waals surface area contributed by atoms with Crippen molar-refractivity contribution in [2.45, 2.75) is 46.2 Å². The van der Waals surface area contributed by atoms with Crippen molar-refractivity contribution >= 4 is 21.6 Å². The summed E-state index contributed by atoms with van der Waals surface area (Å²) in [6.45, 7) is 11.3. The predicted molar refractivity (Wildman–Crippen MR) is 86.9 cm³/mol. The summed E-state index contributed by atoms with van der Waals surface area (Å²) < 4.78 is 1.21. The minimum absolute atomic E-state index is 0.566. The van der Waals surface area contributed by atoms with E-state index in [1.54, 1.807) is 0 Å². The molecule has 0 radical (unpaired) electrons. The van der Waals surface area contributed by atoms with Crippen molar-refractivity contribution in [3.8, 4) is 0 Å². The second-order valence-electron chi connectivity index (χ2n) is 5.70. The first-order valence-electron chi connectivity index (χ1n) is 7.30. The molecule has 0 spiro atoms. The molecular weight excluding hydrogens is 300 g/mol. The van der Waals surface area contributed by atoms with Crippen LogP contribution >= 0.6 is 15.9 Å². The van der Waals surface area contributed by atoms with E-state index in [1.807, 2.05) is 0 Å². The van der Waals surface area contributed by atoms with E-state index in [1.165, 1.54) is 22.1 Å². The zero-order chi connectivity index (χ0) is 14.0. The average Bonchev–Trinajstić information content (AvgIpc) is 2.39. The first-order valence-corrected chi connectivity index (χ1v) is 8.10. The van der Waals surface area contributed by atoms with Gasteiger partial charge in [-0.2, -0.15) is 0 Å². The Balaban J connectivity index is 2.20. The molecule has 0 amide bonds.